The molecule has 2 atom stereocenters. The molecule has 1 fully saturated rings. The minimum Gasteiger partial charge on any atom is -0.464 e. The molecule has 2 aromatic carbocycles. The zero-order valence-electron chi connectivity index (χ0n) is 16.7. The summed E-state index contributed by atoms with van der Waals surface area (Å²) in [6.45, 7) is 2.08. The van der Waals surface area contributed by atoms with Gasteiger partial charge >= 0.3 is 5.97 Å². The van der Waals surface area contributed by atoms with Crippen LogP contribution in [0.2, 0.25) is 0 Å². The lowest BCUT2D eigenvalue weighted by Gasteiger charge is -2.41. The van der Waals surface area contributed by atoms with E-state index in [0.29, 0.717) is 24.1 Å². The normalized spacial score (nSPS) is 19.3. The van der Waals surface area contributed by atoms with Crippen molar-refractivity contribution in [2.75, 3.05) is 6.61 Å². The molecule has 0 radical (unpaired) electrons. The number of likely N-dealkylation sites (tertiary alicyclic amines) is 1. The van der Waals surface area contributed by atoms with E-state index in [0.717, 1.165) is 23.9 Å². The van der Waals surface area contributed by atoms with Crippen LogP contribution >= 0.6 is 0 Å². The molecule has 1 aromatic heterocycles. The summed E-state index contributed by atoms with van der Waals surface area (Å²) < 4.78 is 7.21. The van der Waals surface area contributed by atoms with Gasteiger partial charge in [0.2, 0.25) is 0 Å². The second-order valence-corrected chi connectivity index (χ2v) is 7.37. The Balaban J connectivity index is 1.80. The predicted molar refractivity (Wildman–Crippen MR) is 110 cm³/mol. The topological polar surface area (TPSA) is 64.4 Å². The van der Waals surface area contributed by atoms with Crippen molar-refractivity contribution in [3.63, 3.8) is 0 Å². The number of carbonyl (C=O) groups is 2. The van der Waals surface area contributed by atoms with Crippen molar-refractivity contribution >= 4 is 22.9 Å². The van der Waals surface area contributed by atoms with E-state index < -0.39 is 6.04 Å². The second kappa shape index (κ2) is 8.07. The first kappa shape index (κ1) is 19.2. The van der Waals surface area contributed by atoms with Crippen LogP contribution in [0.5, 0.6) is 0 Å². The largest absolute Gasteiger partial charge is 0.464 e. The van der Waals surface area contributed by atoms with Gasteiger partial charge in [-0.3, -0.25) is 4.79 Å². The first-order chi connectivity index (χ1) is 14.1. The van der Waals surface area contributed by atoms with Gasteiger partial charge in [0.25, 0.3) is 5.91 Å². The van der Waals surface area contributed by atoms with E-state index in [1.165, 1.54) is 0 Å². The van der Waals surface area contributed by atoms with Crippen LogP contribution in [0.15, 0.2) is 54.9 Å². The number of nitrogens with zero attached hydrogens (tertiary/aromatic N) is 3. The van der Waals surface area contributed by atoms with Crippen LogP contribution in [-0.4, -0.2) is 39.0 Å². The van der Waals surface area contributed by atoms with Crippen LogP contribution in [0.25, 0.3) is 11.0 Å². The van der Waals surface area contributed by atoms with Gasteiger partial charge < -0.3 is 14.2 Å². The van der Waals surface area contributed by atoms with Gasteiger partial charge in [0, 0.05) is 7.05 Å². The minimum atomic E-state index is -0.597. The van der Waals surface area contributed by atoms with E-state index in [1.807, 2.05) is 54.1 Å². The van der Waals surface area contributed by atoms with Crippen LogP contribution in [-0.2, 0) is 16.6 Å². The highest BCUT2D eigenvalue weighted by molar-refractivity contribution is 6.06. The summed E-state index contributed by atoms with van der Waals surface area (Å²) >= 11 is 0. The van der Waals surface area contributed by atoms with Gasteiger partial charge in [0.1, 0.15) is 11.6 Å². The Morgan fingerprint density at radius 2 is 1.90 bits per heavy atom. The van der Waals surface area contributed by atoms with Crippen molar-refractivity contribution in [2.45, 2.75) is 38.3 Å². The SMILES string of the molecule is CCOC(=O)C1CCCC(c2ccccc2)N1C(=O)c1cccc2c1ncn2C. The fourth-order valence-corrected chi connectivity index (χ4v) is 4.23. The molecule has 6 heteroatoms. The number of hydrogen-bond donors (Lipinski definition) is 0. The predicted octanol–water partition coefficient (Wildman–Crippen LogP) is 3.87. The van der Waals surface area contributed by atoms with E-state index >= 15 is 0 Å². The lowest BCUT2D eigenvalue weighted by atomic mass is 9.89. The summed E-state index contributed by atoms with van der Waals surface area (Å²) in [6, 6.07) is 14.7. The number of benzene rings is 2. The van der Waals surface area contributed by atoms with Crippen LogP contribution in [0.1, 0.15) is 48.1 Å². The molecule has 29 heavy (non-hydrogen) atoms. The fraction of sp³-hybridized carbons (Fsp3) is 0.348. The molecule has 0 N–H and O–H groups in total. The monoisotopic (exact) mass is 391 g/mol. The molecule has 1 amide bonds. The molecule has 150 valence electrons. The quantitative estimate of drug-likeness (QED) is 0.633. The number of amides is 1. The minimum absolute atomic E-state index is 0.175. The third-order valence-electron chi connectivity index (χ3n) is 5.59. The van der Waals surface area contributed by atoms with Gasteiger partial charge in [-0.2, -0.15) is 0 Å². The van der Waals surface area contributed by atoms with Crippen molar-refractivity contribution in [1.82, 2.24) is 14.5 Å². The molecule has 3 aromatic rings. The number of rotatable bonds is 4. The Morgan fingerprint density at radius 1 is 1.10 bits per heavy atom. The van der Waals surface area contributed by atoms with Crippen molar-refractivity contribution in [1.29, 1.82) is 0 Å². The lowest BCUT2D eigenvalue weighted by molar-refractivity contribution is -0.150. The highest BCUT2D eigenvalue weighted by Crippen LogP contribution is 2.36. The van der Waals surface area contributed by atoms with Gasteiger partial charge in [-0.15, -0.1) is 0 Å². The number of piperidine rings is 1. The van der Waals surface area contributed by atoms with Gasteiger partial charge in [0.05, 0.1) is 30.1 Å². The van der Waals surface area contributed by atoms with E-state index in [2.05, 4.69) is 4.98 Å². The van der Waals surface area contributed by atoms with Crippen LogP contribution in [0, 0.1) is 0 Å². The summed E-state index contributed by atoms with van der Waals surface area (Å²) in [5, 5.41) is 0. The number of aromatic nitrogens is 2. The molecular formula is C23H25N3O3. The molecule has 2 unspecified atom stereocenters. The molecule has 1 aliphatic heterocycles. The van der Waals surface area contributed by atoms with E-state index in [-0.39, 0.29) is 17.9 Å². The average Bonchev–Trinajstić information content (AvgIpc) is 3.14. The van der Waals surface area contributed by atoms with Crippen molar-refractivity contribution in [3.05, 3.63) is 66.0 Å². The summed E-state index contributed by atoms with van der Waals surface area (Å²) in [4.78, 5) is 32.7. The third-order valence-corrected chi connectivity index (χ3v) is 5.59. The number of carbonyl (C=O) groups excluding carboxylic acids is 2. The number of fused-ring (bicyclic) bond motifs is 1. The molecule has 1 saturated heterocycles. The number of hydrogen-bond acceptors (Lipinski definition) is 4. The number of aryl methyl sites for hydroxylation is 1. The maximum absolute atomic E-state index is 13.8. The number of esters is 1. The molecule has 0 aliphatic carbocycles. The Kier molecular flexibility index (Phi) is 5.34. The highest BCUT2D eigenvalue weighted by atomic mass is 16.5. The maximum atomic E-state index is 13.8. The Hall–Kier alpha value is -3.15. The number of imidazole rings is 1. The summed E-state index contributed by atoms with van der Waals surface area (Å²) in [6.07, 6.45) is 3.98. The first-order valence-electron chi connectivity index (χ1n) is 10.1. The molecular weight excluding hydrogens is 366 g/mol. The molecule has 0 bridgehead atoms. The van der Waals surface area contributed by atoms with Crippen molar-refractivity contribution in [2.24, 2.45) is 7.05 Å². The Morgan fingerprint density at radius 3 is 2.66 bits per heavy atom. The number of ether oxygens (including phenoxy) is 1. The van der Waals surface area contributed by atoms with Gasteiger partial charge in [-0.1, -0.05) is 36.4 Å². The average molecular weight is 391 g/mol. The zero-order valence-corrected chi connectivity index (χ0v) is 16.7. The maximum Gasteiger partial charge on any atom is 0.328 e. The number of para-hydroxylation sites is 1. The Bertz CT molecular complexity index is 1030. The van der Waals surface area contributed by atoms with Gasteiger partial charge in [-0.25, -0.2) is 9.78 Å². The van der Waals surface area contributed by atoms with E-state index in [1.54, 1.807) is 24.2 Å². The smallest absolute Gasteiger partial charge is 0.328 e. The van der Waals surface area contributed by atoms with Crippen molar-refractivity contribution in [3.8, 4) is 0 Å². The molecule has 2 heterocycles. The van der Waals surface area contributed by atoms with E-state index in [4.69, 9.17) is 4.74 Å². The van der Waals surface area contributed by atoms with E-state index in [9.17, 15) is 9.59 Å². The summed E-state index contributed by atoms with van der Waals surface area (Å²) in [7, 11) is 1.90. The highest BCUT2D eigenvalue weighted by Gasteiger charge is 2.40. The van der Waals surface area contributed by atoms with Gasteiger partial charge in [0.15, 0.2) is 0 Å². The molecule has 6 nitrogen and oxygen atoms in total. The lowest BCUT2D eigenvalue weighted by Crippen LogP contribution is -2.50. The molecule has 0 spiro atoms. The molecule has 0 saturated carbocycles. The summed E-state index contributed by atoms with van der Waals surface area (Å²) in [5.41, 5.74) is 3.08. The van der Waals surface area contributed by atoms with Crippen LogP contribution < -0.4 is 0 Å². The molecule has 4 rings (SSSR count). The molecule has 1 aliphatic rings. The first-order valence-corrected chi connectivity index (χ1v) is 10.1. The third kappa shape index (κ3) is 3.50. The summed E-state index contributed by atoms with van der Waals surface area (Å²) in [5.74, 6) is -0.518. The standard InChI is InChI=1S/C23H25N3O3/c1-3-29-23(28)20-14-8-12-18(16-9-5-4-6-10-16)26(20)22(27)17-11-7-13-19-21(17)24-15-25(19)2/h4-7,9-11,13,15,18,20H,3,8,12,14H2,1-2H3. The van der Waals surface area contributed by atoms with Crippen LogP contribution in [0.4, 0.5) is 0 Å². The second-order valence-electron chi connectivity index (χ2n) is 7.37. The fourth-order valence-electron chi connectivity index (χ4n) is 4.23. The Labute approximate surface area is 170 Å². The van der Waals surface area contributed by atoms with Crippen molar-refractivity contribution < 1.29 is 14.3 Å². The zero-order chi connectivity index (χ0) is 20.4. The van der Waals surface area contributed by atoms with Crippen LogP contribution in [0.3, 0.4) is 0 Å². The van der Waals surface area contributed by atoms with Gasteiger partial charge in [-0.05, 0) is 43.9 Å².